The minimum atomic E-state index is -4.73. The number of anilines is 1. The lowest BCUT2D eigenvalue weighted by atomic mass is 10.1. The molecule has 1 heterocycles. The lowest BCUT2D eigenvalue weighted by Gasteiger charge is -2.24. The van der Waals surface area contributed by atoms with Crippen molar-refractivity contribution in [2.24, 2.45) is 0 Å². The highest BCUT2D eigenvalue weighted by molar-refractivity contribution is 5.68. The molecule has 192 valence electrons. The van der Waals surface area contributed by atoms with Crippen molar-refractivity contribution in [3.05, 3.63) is 83.6 Å². The molecule has 0 aliphatic heterocycles. The van der Waals surface area contributed by atoms with E-state index in [1.165, 1.54) is 12.1 Å². The number of aliphatic carboxylic acids is 1. The van der Waals surface area contributed by atoms with Gasteiger partial charge in [0.2, 0.25) is 0 Å². The van der Waals surface area contributed by atoms with Gasteiger partial charge in [0.1, 0.15) is 17.3 Å². The van der Waals surface area contributed by atoms with Gasteiger partial charge in [-0.25, -0.2) is 9.78 Å². The lowest BCUT2D eigenvalue weighted by Crippen LogP contribution is -2.25. The molecule has 0 atom stereocenters. The maximum absolute atomic E-state index is 12.5. The summed E-state index contributed by atoms with van der Waals surface area (Å²) in [4.78, 5) is 17.3. The number of benzene rings is 2. The van der Waals surface area contributed by atoms with E-state index in [2.05, 4.69) is 28.5 Å². The Kier molecular flexibility index (Phi) is 9.16. The third-order valence-corrected chi connectivity index (χ3v) is 5.47. The molecule has 1 aromatic heterocycles. The van der Waals surface area contributed by atoms with Crippen LogP contribution in [0.4, 0.5) is 19.0 Å². The Hall–Kier alpha value is -3.75. The summed E-state index contributed by atoms with van der Waals surface area (Å²) in [5.74, 6) is 0.343. The highest BCUT2D eigenvalue weighted by Crippen LogP contribution is 2.24. The summed E-state index contributed by atoms with van der Waals surface area (Å²) < 4.78 is 46.5. The largest absolute Gasteiger partial charge is 0.573 e. The van der Waals surface area contributed by atoms with Gasteiger partial charge in [0.25, 0.3) is 0 Å². The molecule has 2 aromatic carbocycles. The Balaban J connectivity index is 1.66. The molecule has 0 fully saturated rings. The van der Waals surface area contributed by atoms with E-state index in [9.17, 15) is 18.0 Å². The number of carboxylic acid groups (broad SMARTS) is 1. The van der Waals surface area contributed by atoms with Crippen LogP contribution in [0.25, 0.3) is 0 Å². The van der Waals surface area contributed by atoms with Gasteiger partial charge in [-0.2, -0.15) is 0 Å². The first kappa shape index (κ1) is 26.8. The van der Waals surface area contributed by atoms with Crippen molar-refractivity contribution in [2.45, 2.75) is 45.5 Å². The van der Waals surface area contributed by atoms with Crippen LogP contribution in [0.15, 0.2) is 66.9 Å². The van der Waals surface area contributed by atoms with Crippen LogP contribution in [0.2, 0.25) is 0 Å². The number of carboxylic acids is 1. The molecule has 1 N–H and O–H groups in total. The summed E-state index contributed by atoms with van der Waals surface area (Å²) in [6, 6.07) is 17.1. The molecule has 0 aliphatic rings. The van der Waals surface area contributed by atoms with Crippen molar-refractivity contribution in [3.63, 3.8) is 0 Å². The van der Waals surface area contributed by atoms with Crippen LogP contribution in [0, 0.1) is 0 Å². The smallest absolute Gasteiger partial charge is 0.482 e. The Morgan fingerprint density at radius 2 is 1.61 bits per heavy atom. The van der Waals surface area contributed by atoms with Crippen molar-refractivity contribution in [3.8, 4) is 11.5 Å². The summed E-state index contributed by atoms with van der Waals surface area (Å²) in [7, 11) is 0. The summed E-state index contributed by atoms with van der Waals surface area (Å²) in [5, 5.41) is 8.71. The van der Waals surface area contributed by atoms with Gasteiger partial charge in [-0.3, -0.25) is 0 Å². The fourth-order valence-electron chi connectivity index (χ4n) is 3.59. The molecule has 36 heavy (non-hydrogen) atoms. The first-order valence-electron chi connectivity index (χ1n) is 11.6. The molecule has 0 spiro atoms. The van der Waals surface area contributed by atoms with Gasteiger partial charge < -0.3 is 19.5 Å². The predicted octanol–water partition coefficient (Wildman–Crippen LogP) is 6.21. The van der Waals surface area contributed by atoms with E-state index in [4.69, 9.17) is 9.84 Å². The quantitative estimate of drug-likeness (QED) is 0.318. The van der Waals surface area contributed by atoms with E-state index >= 15 is 0 Å². The number of ether oxygens (including phenoxy) is 2. The van der Waals surface area contributed by atoms with Crippen LogP contribution in [0.1, 0.15) is 42.9 Å². The number of rotatable bonds is 12. The van der Waals surface area contributed by atoms with Crippen LogP contribution in [0.3, 0.4) is 0 Å². The van der Waals surface area contributed by atoms with E-state index in [1.54, 1.807) is 24.3 Å². The number of aryl methyl sites for hydroxylation is 1. The number of carbonyl (C=O) groups is 1. The highest BCUT2D eigenvalue weighted by Gasteiger charge is 2.31. The molecule has 0 amide bonds. The summed E-state index contributed by atoms with van der Waals surface area (Å²) >= 11 is 0. The number of pyridine rings is 1. The predicted molar refractivity (Wildman–Crippen MR) is 130 cm³/mol. The van der Waals surface area contributed by atoms with Crippen molar-refractivity contribution >= 4 is 11.8 Å². The van der Waals surface area contributed by atoms with Crippen LogP contribution in [-0.2, 0) is 17.8 Å². The molecular weight excluding hydrogens is 473 g/mol. The Bertz CT molecular complexity index is 1100. The van der Waals surface area contributed by atoms with E-state index in [0.717, 1.165) is 35.3 Å². The zero-order chi connectivity index (χ0) is 26.1. The average Bonchev–Trinajstić information content (AvgIpc) is 2.83. The minimum absolute atomic E-state index is 0.256. The van der Waals surface area contributed by atoms with E-state index < -0.39 is 12.3 Å². The first-order valence-corrected chi connectivity index (χ1v) is 11.6. The van der Waals surface area contributed by atoms with Gasteiger partial charge in [0.05, 0.1) is 0 Å². The number of hydrogen-bond donors (Lipinski definition) is 1. The monoisotopic (exact) mass is 502 g/mol. The van der Waals surface area contributed by atoms with Gasteiger partial charge >= 0.3 is 12.3 Å². The van der Waals surface area contributed by atoms with Gasteiger partial charge in [-0.1, -0.05) is 44.2 Å². The summed E-state index contributed by atoms with van der Waals surface area (Å²) in [6.45, 7) is 4.95. The molecule has 0 saturated carbocycles. The Labute approximate surface area is 208 Å². The molecule has 3 aromatic rings. The number of halogens is 3. The normalized spacial score (nSPS) is 11.4. The van der Waals surface area contributed by atoms with E-state index in [-0.39, 0.29) is 12.4 Å². The third kappa shape index (κ3) is 8.79. The number of nitrogens with zero attached hydrogens (tertiary/aromatic N) is 2. The fourth-order valence-corrected chi connectivity index (χ4v) is 3.59. The van der Waals surface area contributed by atoms with E-state index in [0.29, 0.717) is 24.8 Å². The maximum atomic E-state index is 12.5. The Morgan fingerprint density at radius 3 is 2.17 bits per heavy atom. The number of hydrogen-bond acceptors (Lipinski definition) is 5. The molecule has 6 nitrogen and oxygen atoms in total. The van der Waals surface area contributed by atoms with Crippen LogP contribution >= 0.6 is 0 Å². The second kappa shape index (κ2) is 12.3. The SMILES string of the molecule is CC(C)c1ccc(N(CCCc2ccc(OCC(=O)O)cc2)Cc2ccc(OC(F)(F)F)cc2)nc1. The second-order valence-electron chi connectivity index (χ2n) is 8.65. The van der Waals surface area contributed by atoms with Gasteiger partial charge in [-0.15, -0.1) is 13.2 Å². The maximum Gasteiger partial charge on any atom is 0.573 e. The molecule has 0 saturated heterocycles. The second-order valence-corrected chi connectivity index (χ2v) is 8.65. The minimum Gasteiger partial charge on any atom is -0.482 e. The van der Waals surface area contributed by atoms with Gasteiger partial charge in [0, 0.05) is 19.3 Å². The molecule has 3 rings (SSSR count). The van der Waals surface area contributed by atoms with Crippen molar-refractivity contribution < 1.29 is 32.5 Å². The van der Waals surface area contributed by atoms with E-state index in [1.807, 2.05) is 30.5 Å². The molecule has 9 heteroatoms. The highest BCUT2D eigenvalue weighted by atomic mass is 19.4. The molecule has 0 bridgehead atoms. The fraction of sp³-hybridized carbons (Fsp3) is 0.333. The topological polar surface area (TPSA) is 71.9 Å². The lowest BCUT2D eigenvalue weighted by molar-refractivity contribution is -0.274. The standard InChI is InChI=1S/C27H29F3N2O4/c1-19(2)22-9-14-25(31-16-22)32(17-21-7-12-24(13-8-21)36-27(28,29)30)15-3-4-20-5-10-23(11-6-20)35-18-26(33)34/h5-14,16,19H,3-4,15,17-18H2,1-2H3,(H,33,34). The zero-order valence-corrected chi connectivity index (χ0v) is 20.2. The van der Waals surface area contributed by atoms with Crippen LogP contribution in [0.5, 0.6) is 11.5 Å². The van der Waals surface area contributed by atoms with Gasteiger partial charge in [-0.05, 0) is 65.8 Å². The van der Waals surface area contributed by atoms with Crippen molar-refractivity contribution in [2.75, 3.05) is 18.1 Å². The Morgan fingerprint density at radius 1 is 0.972 bits per heavy atom. The average molecular weight is 503 g/mol. The molecule has 0 radical (unpaired) electrons. The first-order chi connectivity index (χ1) is 17.1. The number of alkyl halides is 3. The van der Waals surface area contributed by atoms with Crippen molar-refractivity contribution in [1.82, 2.24) is 4.98 Å². The van der Waals surface area contributed by atoms with Gasteiger partial charge in [0.15, 0.2) is 6.61 Å². The van der Waals surface area contributed by atoms with Crippen molar-refractivity contribution in [1.29, 1.82) is 0 Å². The molecular formula is C27H29F3N2O4. The molecule has 0 unspecified atom stereocenters. The number of aromatic nitrogens is 1. The third-order valence-electron chi connectivity index (χ3n) is 5.47. The van der Waals surface area contributed by atoms with Crippen LogP contribution in [-0.4, -0.2) is 35.6 Å². The van der Waals surface area contributed by atoms with Crippen LogP contribution < -0.4 is 14.4 Å². The summed E-state index contributed by atoms with van der Waals surface area (Å²) in [6.07, 6.45) is -1.30. The summed E-state index contributed by atoms with van der Waals surface area (Å²) in [5.41, 5.74) is 3.03. The zero-order valence-electron chi connectivity index (χ0n) is 20.2. The molecule has 0 aliphatic carbocycles.